The molecule has 1 amide bonds. The third-order valence-electron chi connectivity index (χ3n) is 8.38. The van der Waals surface area contributed by atoms with Crippen molar-refractivity contribution in [3.8, 4) is 0 Å². The molecule has 0 saturated carbocycles. The number of rotatable bonds is 5. The predicted octanol–water partition coefficient (Wildman–Crippen LogP) is 2.07. The third kappa shape index (κ3) is 4.47. The first-order valence-electron chi connectivity index (χ1n) is 13.5. The Morgan fingerprint density at radius 3 is 2.72 bits per heavy atom. The van der Waals surface area contributed by atoms with Crippen LogP contribution in [0.1, 0.15) is 51.4 Å². The number of nitrogens with two attached hydrogens (primary N) is 2. The largest absolute Gasteiger partial charge is 0.386 e. The number of carbonyl (C=O) groups is 1. The highest BCUT2D eigenvalue weighted by Crippen LogP contribution is 2.44. The Labute approximate surface area is 226 Å². The van der Waals surface area contributed by atoms with Crippen molar-refractivity contribution in [2.24, 2.45) is 0 Å². The molecule has 206 valence electrons. The van der Waals surface area contributed by atoms with Crippen LogP contribution in [0.15, 0.2) is 30.6 Å². The van der Waals surface area contributed by atoms with Gasteiger partial charge >= 0.3 is 0 Å². The minimum atomic E-state index is -1.15. The first-order valence-corrected chi connectivity index (χ1v) is 13.5. The molecule has 2 aliphatic rings. The molecule has 0 radical (unpaired) electrons. The third-order valence-corrected chi connectivity index (χ3v) is 8.38. The number of benzene rings is 1. The molecule has 2 atom stereocenters. The summed E-state index contributed by atoms with van der Waals surface area (Å²) in [5, 5.41) is 11.3. The summed E-state index contributed by atoms with van der Waals surface area (Å²) in [4.78, 5) is 32.6. The van der Waals surface area contributed by atoms with Crippen LogP contribution < -0.4 is 11.5 Å². The quantitative estimate of drug-likeness (QED) is 0.348. The van der Waals surface area contributed by atoms with E-state index in [0.29, 0.717) is 56.5 Å². The molecule has 12 nitrogen and oxygen atoms in total. The van der Waals surface area contributed by atoms with Crippen molar-refractivity contribution in [2.45, 2.75) is 69.7 Å². The van der Waals surface area contributed by atoms with Gasteiger partial charge in [0.2, 0.25) is 11.9 Å². The number of nitrogen functional groups attached to an aromatic ring is 2. The van der Waals surface area contributed by atoms with Crippen LogP contribution in [0.3, 0.4) is 0 Å². The zero-order valence-electron chi connectivity index (χ0n) is 22.4. The Morgan fingerprint density at radius 2 is 1.95 bits per heavy atom. The van der Waals surface area contributed by atoms with Gasteiger partial charge in [-0.3, -0.25) is 4.79 Å². The van der Waals surface area contributed by atoms with E-state index in [9.17, 15) is 9.90 Å². The lowest BCUT2D eigenvalue weighted by Gasteiger charge is -2.51. The fourth-order valence-corrected chi connectivity index (χ4v) is 6.13. The number of anilines is 2. The first-order chi connectivity index (χ1) is 18.7. The van der Waals surface area contributed by atoms with Gasteiger partial charge in [-0.05, 0) is 31.9 Å². The number of carbonyl (C=O) groups excluding carboxylic acids is 1. The number of aryl methyl sites for hydroxylation is 2. The number of aromatic nitrogens is 6. The molecule has 0 unspecified atom stereocenters. The number of para-hydroxylation sites is 2. The van der Waals surface area contributed by atoms with Gasteiger partial charge < -0.3 is 35.3 Å². The van der Waals surface area contributed by atoms with Gasteiger partial charge in [0, 0.05) is 38.9 Å². The van der Waals surface area contributed by atoms with Gasteiger partial charge in [-0.1, -0.05) is 19.1 Å². The number of likely N-dealkylation sites (tertiary alicyclic amines) is 1. The van der Waals surface area contributed by atoms with Crippen LogP contribution in [0.2, 0.25) is 0 Å². The van der Waals surface area contributed by atoms with E-state index in [1.165, 1.54) is 0 Å². The number of nitrogens with zero attached hydrogens (tertiary/aromatic N) is 7. The van der Waals surface area contributed by atoms with E-state index in [-0.39, 0.29) is 30.3 Å². The summed E-state index contributed by atoms with van der Waals surface area (Å²) in [6, 6.07) is 7.70. The zero-order valence-corrected chi connectivity index (χ0v) is 22.4. The van der Waals surface area contributed by atoms with Crippen LogP contribution in [0.25, 0.3) is 22.2 Å². The van der Waals surface area contributed by atoms with Crippen LogP contribution in [0.5, 0.6) is 0 Å². The Morgan fingerprint density at radius 1 is 1.18 bits per heavy atom. The molecule has 6 rings (SSSR count). The highest BCUT2D eigenvalue weighted by molar-refractivity contribution is 5.83. The standard InChI is InChI=1S/C27H35N9O3/c1-3-20-31-17-6-4-5-7-18(17)35(20)11-8-21(37)34-12-9-27(10-13-34)14-19(26(2,38)15-39-27)36-16-30-22-23(28)32-25(29)33-24(22)36/h4-7,16,19,38H,3,8-15H2,1-2H3,(H4,28,29,32,33)/t19-,26-/m0/s1. The zero-order chi connectivity index (χ0) is 27.4. The fraction of sp³-hybridized carbons (Fsp3) is 0.519. The lowest BCUT2D eigenvalue weighted by Crippen LogP contribution is -2.57. The van der Waals surface area contributed by atoms with Gasteiger partial charge in [-0.25, -0.2) is 9.97 Å². The normalized spacial score (nSPS) is 23.2. The van der Waals surface area contributed by atoms with E-state index < -0.39 is 11.2 Å². The van der Waals surface area contributed by atoms with E-state index in [4.69, 9.17) is 21.2 Å². The molecule has 4 aromatic rings. The molecule has 5 N–H and O–H groups in total. The molecular weight excluding hydrogens is 498 g/mol. The van der Waals surface area contributed by atoms with Crippen LogP contribution in [0, 0.1) is 0 Å². The lowest BCUT2D eigenvalue weighted by atomic mass is 9.77. The summed E-state index contributed by atoms with van der Waals surface area (Å²) >= 11 is 0. The van der Waals surface area contributed by atoms with E-state index >= 15 is 0 Å². The van der Waals surface area contributed by atoms with Crippen molar-refractivity contribution in [3.63, 3.8) is 0 Å². The summed E-state index contributed by atoms with van der Waals surface area (Å²) in [5.74, 6) is 1.40. The number of ether oxygens (including phenoxy) is 1. The molecule has 1 spiro atoms. The highest BCUT2D eigenvalue weighted by Gasteiger charge is 2.50. The molecule has 0 aliphatic carbocycles. The number of hydrogen-bond acceptors (Lipinski definition) is 9. The van der Waals surface area contributed by atoms with Crippen LogP contribution in [-0.2, 0) is 22.5 Å². The second-order valence-corrected chi connectivity index (χ2v) is 11.0. The molecule has 39 heavy (non-hydrogen) atoms. The number of fused-ring (bicyclic) bond motifs is 2. The summed E-state index contributed by atoms with van der Waals surface area (Å²) in [6.45, 7) is 5.81. The summed E-state index contributed by atoms with van der Waals surface area (Å²) in [5.41, 5.74) is 13.2. The molecular formula is C27H35N9O3. The summed E-state index contributed by atoms with van der Waals surface area (Å²) in [6.07, 6.45) is 4.79. The second-order valence-electron chi connectivity index (χ2n) is 11.0. The van der Waals surface area contributed by atoms with Crippen LogP contribution in [-0.4, -0.2) is 75.9 Å². The smallest absolute Gasteiger partial charge is 0.224 e. The number of piperidine rings is 1. The molecule has 12 heteroatoms. The van der Waals surface area contributed by atoms with Crippen molar-refractivity contribution in [1.82, 2.24) is 34.0 Å². The van der Waals surface area contributed by atoms with Gasteiger partial charge in [0.15, 0.2) is 11.5 Å². The summed E-state index contributed by atoms with van der Waals surface area (Å²) in [7, 11) is 0. The van der Waals surface area contributed by atoms with Gasteiger partial charge in [-0.15, -0.1) is 0 Å². The van der Waals surface area contributed by atoms with Gasteiger partial charge in [0.1, 0.15) is 16.9 Å². The van der Waals surface area contributed by atoms with E-state index in [1.54, 1.807) is 13.3 Å². The molecule has 5 heterocycles. The van der Waals surface area contributed by atoms with Gasteiger partial charge in [-0.2, -0.15) is 9.97 Å². The van der Waals surface area contributed by atoms with Crippen molar-refractivity contribution >= 4 is 39.9 Å². The Balaban J connectivity index is 1.15. The topological polar surface area (TPSA) is 163 Å². The predicted molar refractivity (Wildman–Crippen MR) is 147 cm³/mol. The maximum absolute atomic E-state index is 13.2. The molecule has 1 aromatic carbocycles. The molecule has 0 bridgehead atoms. The van der Waals surface area contributed by atoms with Crippen LogP contribution >= 0.6 is 0 Å². The van der Waals surface area contributed by atoms with Crippen molar-refractivity contribution in [3.05, 3.63) is 36.4 Å². The highest BCUT2D eigenvalue weighted by atomic mass is 16.5. The van der Waals surface area contributed by atoms with Crippen molar-refractivity contribution < 1.29 is 14.6 Å². The molecule has 2 saturated heterocycles. The minimum absolute atomic E-state index is 0.0599. The SMILES string of the molecule is CCc1nc2ccccc2n1CCC(=O)N1CCC2(CC1)C[C@H](n1cnc3c(N)nc(N)nc31)[C@@](C)(O)CO2. The second kappa shape index (κ2) is 9.45. The molecule has 2 aliphatic heterocycles. The van der Waals surface area contributed by atoms with E-state index in [2.05, 4.69) is 32.5 Å². The van der Waals surface area contributed by atoms with Crippen molar-refractivity contribution in [2.75, 3.05) is 31.2 Å². The molecule has 3 aromatic heterocycles. The fourth-order valence-electron chi connectivity index (χ4n) is 6.13. The minimum Gasteiger partial charge on any atom is -0.386 e. The monoisotopic (exact) mass is 533 g/mol. The van der Waals surface area contributed by atoms with Gasteiger partial charge in [0.05, 0.1) is 35.6 Å². The Kier molecular flexibility index (Phi) is 6.18. The number of imidazole rings is 2. The molecule has 2 fully saturated rings. The number of hydrogen-bond donors (Lipinski definition) is 3. The Hall–Kier alpha value is -3.77. The first kappa shape index (κ1) is 25.5. The average Bonchev–Trinajstić information content (AvgIpc) is 3.50. The maximum atomic E-state index is 13.2. The maximum Gasteiger partial charge on any atom is 0.224 e. The number of amides is 1. The number of aliphatic hydroxyl groups is 1. The van der Waals surface area contributed by atoms with Crippen molar-refractivity contribution in [1.29, 1.82) is 0 Å². The van der Waals surface area contributed by atoms with E-state index in [0.717, 1.165) is 23.3 Å². The average molecular weight is 534 g/mol. The van der Waals surface area contributed by atoms with E-state index in [1.807, 2.05) is 27.7 Å². The van der Waals surface area contributed by atoms with Crippen LogP contribution in [0.4, 0.5) is 11.8 Å². The summed E-state index contributed by atoms with van der Waals surface area (Å²) < 4.78 is 10.3. The van der Waals surface area contributed by atoms with Gasteiger partial charge in [0.25, 0.3) is 0 Å². The Bertz CT molecular complexity index is 1530. The lowest BCUT2D eigenvalue weighted by molar-refractivity contribution is -0.201.